The molecule has 1 N–H and O–H groups in total. The quantitative estimate of drug-likeness (QED) is 0.243. The van der Waals surface area contributed by atoms with E-state index in [1.54, 1.807) is 39.8 Å². The number of likely N-dealkylation sites (tertiary alicyclic amines) is 1. The summed E-state index contributed by atoms with van der Waals surface area (Å²) < 4.78 is 11.3. The van der Waals surface area contributed by atoms with E-state index in [-0.39, 0.29) is 29.5 Å². The highest BCUT2D eigenvalue weighted by Crippen LogP contribution is 2.53. The van der Waals surface area contributed by atoms with E-state index in [0.717, 1.165) is 26.1 Å². The zero-order valence-electron chi connectivity index (χ0n) is 24.0. The van der Waals surface area contributed by atoms with Crippen LogP contribution in [0, 0.1) is 27.9 Å². The first kappa shape index (κ1) is 28.5. The van der Waals surface area contributed by atoms with Crippen LogP contribution in [0.25, 0.3) is 0 Å². The molecule has 2 aliphatic heterocycles. The Hall–Kier alpha value is -3.98. The second-order valence-electron chi connectivity index (χ2n) is 11.5. The van der Waals surface area contributed by atoms with Crippen LogP contribution >= 0.6 is 0 Å². The predicted molar refractivity (Wildman–Crippen MR) is 153 cm³/mol. The lowest BCUT2D eigenvalue weighted by atomic mass is 9.80. The molecule has 2 unspecified atom stereocenters. The zero-order chi connectivity index (χ0) is 29.3. The molecule has 1 saturated heterocycles. The highest BCUT2D eigenvalue weighted by atomic mass is 16.6. The van der Waals surface area contributed by atoms with Gasteiger partial charge in [0.05, 0.1) is 34.7 Å². The van der Waals surface area contributed by atoms with Crippen LogP contribution in [0.1, 0.15) is 51.2 Å². The molecule has 4 atom stereocenters. The van der Waals surface area contributed by atoms with Crippen molar-refractivity contribution in [2.24, 2.45) is 17.8 Å². The smallest absolute Gasteiger partial charge is 0.337 e. The number of nitro benzene ring substituents is 1. The first-order valence-corrected chi connectivity index (χ1v) is 14.2. The minimum absolute atomic E-state index is 0.123. The summed E-state index contributed by atoms with van der Waals surface area (Å²) in [5.74, 6) is -0.163. The van der Waals surface area contributed by atoms with Gasteiger partial charge in [-0.05, 0) is 63.0 Å². The number of piperidine rings is 1. The summed E-state index contributed by atoms with van der Waals surface area (Å²) in [5.41, 5.74) is 3.24. The van der Waals surface area contributed by atoms with Crippen molar-refractivity contribution >= 4 is 17.6 Å². The van der Waals surface area contributed by atoms with Gasteiger partial charge in [-0.3, -0.25) is 15.0 Å². The average molecular weight is 560 g/mol. The van der Waals surface area contributed by atoms with Crippen molar-refractivity contribution in [3.8, 4) is 0 Å². The summed E-state index contributed by atoms with van der Waals surface area (Å²) in [6.45, 7) is 10.3. The number of benzene rings is 2. The van der Waals surface area contributed by atoms with E-state index in [1.807, 2.05) is 6.07 Å². The lowest BCUT2D eigenvalue weighted by Crippen LogP contribution is -2.33. The summed E-state index contributed by atoms with van der Waals surface area (Å²) in [6.07, 6.45) is 0.413. The SMILES string of the molecule is CC1=C(C(=O)OCCC2[C@H]3CN(Cc4ccccc4)C[C@@H]23)C(c2cccc([N+](=O)[O-])c2)C(C(=O)OC(C)C)=C(C)N1. The Labute approximate surface area is 240 Å². The van der Waals surface area contributed by atoms with E-state index >= 15 is 0 Å². The van der Waals surface area contributed by atoms with Crippen molar-refractivity contribution in [1.82, 2.24) is 10.2 Å². The monoisotopic (exact) mass is 559 g/mol. The van der Waals surface area contributed by atoms with Crippen LogP contribution in [-0.2, 0) is 25.6 Å². The molecule has 2 fully saturated rings. The predicted octanol–water partition coefficient (Wildman–Crippen LogP) is 5.09. The first-order valence-electron chi connectivity index (χ1n) is 14.2. The van der Waals surface area contributed by atoms with E-state index in [0.29, 0.717) is 34.7 Å². The largest absolute Gasteiger partial charge is 0.462 e. The van der Waals surface area contributed by atoms with Gasteiger partial charge in [0, 0.05) is 43.2 Å². The number of hydrogen-bond acceptors (Lipinski definition) is 8. The fourth-order valence-corrected chi connectivity index (χ4v) is 6.47. The van der Waals surface area contributed by atoms with Crippen LogP contribution in [0.2, 0.25) is 0 Å². The van der Waals surface area contributed by atoms with E-state index in [4.69, 9.17) is 9.47 Å². The maximum atomic E-state index is 13.6. The molecule has 41 heavy (non-hydrogen) atoms. The molecule has 1 aliphatic carbocycles. The van der Waals surface area contributed by atoms with Crippen LogP contribution < -0.4 is 5.32 Å². The second-order valence-corrected chi connectivity index (χ2v) is 11.5. The number of dihydropyridines is 1. The summed E-state index contributed by atoms with van der Waals surface area (Å²) >= 11 is 0. The van der Waals surface area contributed by atoms with Crippen molar-refractivity contribution in [3.05, 3.63) is 98.4 Å². The normalized spacial score (nSPS) is 23.7. The Morgan fingerprint density at radius 3 is 2.29 bits per heavy atom. The van der Waals surface area contributed by atoms with Crippen molar-refractivity contribution in [2.75, 3.05) is 19.7 Å². The second kappa shape index (κ2) is 11.9. The minimum Gasteiger partial charge on any atom is -0.462 e. The van der Waals surface area contributed by atoms with E-state index in [9.17, 15) is 19.7 Å². The number of carbonyl (C=O) groups is 2. The number of carbonyl (C=O) groups excluding carboxylic acids is 2. The Kier molecular flexibility index (Phi) is 8.26. The molecular formula is C32H37N3O6. The van der Waals surface area contributed by atoms with Gasteiger partial charge in [0.2, 0.25) is 0 Å². The molecule has 216 valence electrons. The number of nitrogens with zero attached hydrogens (tertiary/aromatic N) is 2. The maximum Gasteiger partial charge on any atom is 0.337 e. The van der Waals surface area contributed by atoms with E-state index < -0.39 is 22.8 Å². The third-order valence-corrected chi connectivity index (χ3v) is 8.34. The van der Waals surface area contributed by atoms with Crippen molar-refractivity contribution in [1.29, 1.82) is 0 Å². The molecule has 0 radical (unpaired) electrons. The Balaban J connectivity index is 1.27. The molecule has 0 amide bonds. The highest BCUT2D eigenvalue weighted by Gasteiger charge is 2.54. The first-order chi connectivity index (χ1) is 19.6. The number of esters is 2. The summed E-state index contributed by atoms with van der Waals surface area (Å²) in [7, 11) is 0. The van der Waals surface area contributed by atoms with Gasteiger partial charge in [-0.15, -0.1) is 0 Å². The number of hydrogen-bond donors (Lipinski definition) is 1. The summed E-state index contributed by atoms with van der Waals surface area (Å²) in [6, 6.07) is 16.5. The van der Waals surface area contributed by atoms with Gasteiger partial charge >= 0.3 is 11.9 Å². The Morgan fingerprint density at radius 1 is 1.00 bits per heavy atom. The molecule has 0 spiro atoms. The van der Waals surface area contributed by atoms with Crippen LogP contribution in [-0.4, -0.2) is 47.6 Å². The highest BCUT2D eigenvalue weighted by molar-refractivity contribution is 6.00. The molecule has 0 aromatic heterocycles. The maximum absolute atomic E-state index is 13.6. The number of rotatable bonds is 10. The fourth-order valence-electron chi connectivity index (χ4n) is 6.47. The van der Waals surface area contributed by atoms with Gasteiger partial charge in [-0.1, -0.05) is 42.5 Å². The zero-order valence-corrected chi connectivity index (χ0v) is 24.0. The van der Waals surface area contributed by atoms with E-state index in [2.05, 4.69) is 34.5 Å². The fraction of sp³-hybridized carbons (Fsp3) is 0.438. The van der Waals surface area contributed by atoms with E-state index in [1.165, 1.54) is 17.7 Å². The van der Waals surface area contributed by atoms with Crippen LogP contribution in [0.3, 0.4) is 0 Å². The molecule has 2 aromatic carbocycles. The molecule has 3 aliphatic rings. The number of fused-ring (bicyclic) bond motifs is 1. The third kappa shape index (κ3) is 6.20. The summed E-state index contributed by atoms with van der Waals surface area (Å²) in [4.78, 5) is 40.3. The Bertz CT molecular complexity index is 1390. The van der Waals surface area contributed by atoms with Gasteiger partial charge in [0.25, 0.3) is 5.69 Å². The molecule has 2 heterocycles. The van der Waals surface area contributed by atoms with Crippen molar-refractivity contribution in [3.63, 3.8) is 0 Å². The lowest BCUT2D eigenvalue weighted by Gasteiger charge is -2.30. The number of ether oxygens (including phenoxy) is 2. The molecule has 5 rings (SSSR count). The number of nitrogens with one attached hydrogen (secondary N) is 1. The van der Waals surface area contributed by atoms with Gasteiger partial charge in [-0.25, -0.2) is 9.59 Å². The van der Waals surface area contributed by atoms with Crippen molar-refractivity contribution in [2.45, 2.75) is 52.7 Å². The van der Waals surface area contributed by atoms with Gasteiger partial charge in [0.15, 0.2) is 0 Å². The van der Waals surface area contributed by atoms with Crippen molar-refractivity contribution < 1.29 is 24.0 Å². The molecule has 9 nitrogen and oxygen atoms in total. The third-order valence-electron chi connectivity index (χ3n) is 8.34. The molecule has 0 bridgehead atoms. The number of nitro groups is 1. The molecule has 1 saturated carbocycles. The van der Waals surface area contributed by atoms with Gasteiger partial charge < -0.3 is 14.8 Å². The van der Waals surface area contributed by atoms with Gasteiger partial charge in [-0.2, -0.15) is 0 Å². The molecule has 9 heteroatoms. The Morgan fingerprint density at radius 2 is 1.66 bits per heavy atom. The number of allylic oxidation sites excluding steroid dienone is 2. The van der Waals surface area contributed by atoms with Gasteiger partial charge in [0.1, 0.15) is 0 Å². The van der Waals surface area contributed by atoms with Crippen LogP contribution in [0.5, 0.6) is 0 Å². The van der Waals surface area contributed by atoms with Crippen LogP contribution in [0.15, 0.2) is 77.1 Å². The lowest BCUT2D eigenvalue weighted by molar-refractivity contribution is -0.384. The minimum atomic E-state index is -0.859. The molecular weight excluding hydrogens is 522 g/mol. The topological polar surface area (TPSA) is 111 Å². The standard InChI is InChI=1S/C32H37N3O6/c1-19(2)41-32(37)29-21(4)33-20(3)28(30(29)23-11-8-12-24(15-23)35(38)39)31(36)40-14-13-25-26-17-34(18-27(25)26)16-22-9-6-5-7-10-22/h5-12,15,19,25-27,30,33H,13-14,16-18H2,1-4H3/t25?,26-,27+,30?. The average Bonchev–Trinajstić information content (AvgIpc) is 3.37. The summed E-state index contributed by atoms with van der Waals surface area (Å²) in [5, 5.41) is 14.7. The van der Waals surface area contributed by atoms with Crippen LogP contribution in [0.4, 0.5) is 5.69 Å². The molecule has 2 aromatic rings. The number of non-ortho nitro benzene ring substituents is 1.